The van der Waals surface area contributed by atoms with Crippen LogP contribution in [0.5, 0.6) is 0 Å². The molecule has 38 heavy (non-hydrogen) atoms. The van der Waals surface area contributed by atoms with Gasteiger partial charge in [-0.25, -0.2) is 0 Å². The Hall–Kier alpha value is -0.890. The second-order valence-corrected chi connectivity index (χ2v) is 11.2. The van der Waals surface area contributed by atoms with Crippen LogP contribution in [0.15, 0.2) is 0 Å². The lowest BCUT2D eigenvalue weighted by molar-refractivity contribution is -0.322. The van der Waals surface area contributed by atoms with Gasteiger partial charge in [0.1, 0.15) is 48.8 Å². The van der Waals surface area contributed by atoms with Gasteiger partial charge in [-0.1, -0.05) is 78.1 Å². The summed E-state index contributed by atoms with van der Waals surface area (Å²) < 4.78 is 16.0. The third-order valence-electron chi connectivity index (χ3n) is 7.47. The number of unbranched alkanes of at least 4 members (excludes halogenated alkanes) is 9. The van der Waals surface area contributed by atoms with Crippen molar-refractivity contribution in [2.75, 3.05) is 6.61 Å². The van der Waals surface area contributed by atoms with E-state index in [1.165, 1.54) is 44.9 Å². The Labute approximate surface area is 225 Å². The van der Waals surface area contributed by atoms with Gasteiger partial charge in [-0.3, -0.25) is 4.79 Å². The summed E-state index contributed by atoms with van der Waals surface area (Å²) in [6, 6.07) is 0. The predicted octanol–water partition coefficient (Wildman–Crippen LogP) is 0.517. The summed E-state index contributed by atoms with van der Waals surface area (Å²) in [6.07, 6.45) is -4.11. The SMILES string of the molecule is CC(C)CCCCCCCCCCCCC(=O)O[C@@H]1[C@H](O)[C@@H](O)[C@H](O)[C@@H](O)[C@@H]1O[C@@H]1OC[C@@H](O)[C@H](O)[C@H]1O. The van der Waals surface area contributed by atoms with Crippen LogP contribution in [0.4, 0.5) is 0 Å². The number of hydrogen-bond donors (Lipinski definition) is 7. The molecule has 2 rings (SSSR count). The fourth-order valence-electron chi connectivity index (χ4n) is 4.98. The molecular formula is C27H50O11. The van der Waals surface area contributed by atoms with E-state index in [2.05, 4.69) is 13.8 Å². The molecule has 1 heterocycles. The van der Waals surface area contributed by atoms with Crippen LogP contribution in [-0.2, 0) is 19.0 Å². The number of carbonyl (C=O) groups excluding carboxylic acids is 1. The Morgan fingerprint density at radius 3 is 1.74 bits per heavy atom. The van der Waals surface area contributed by atoms with Gasteiger partial charge in [-0.05, 0) is 12.3 Å². The molecule has 11 heteroatoms. The molecule has 2 fully saturated rings. The predicted molar refractivity (Wildman–Crippen MR) is 137 cm³/mol. The Morgan fingerprint density at radius 1 is 0.684 bits per heavy atom. The van der Waals surface area contributed by atoms with Gasteiger partial charge in [0.05, 0.1) is 6.61 Å². The summed E-state index contributed by atoms with van der Waals surface area (Å²) in [5.41, 5.74) is 0. The number of rotatable bonds is 16. The van der Waals surface area contributed by atoms with Crippen molar-refractivity contribution in [2.45, 2.75) is 152 Å². The van der Waals surface area contributed by atoms with Crippen LogP contribution in [-0.4, -0.2) is 110 Å². The van der Waals surface area contributed by atoms with Crippen molar-refractivity contribution in [1.82, 2.24) is 0 Å². The van der Waals surface area contributed by atoms with E-state index in [1.807, 2.05) is 0 Å². The average molecular weight is 551 g/mol. The van der Waals surface area contributed by atoms with E-state index < -0.39 is 67.2 Å². The molecule has 0 bridgehead atoms. The molecule has 7 N–H and O–H groups in total. The minimum absolute atomic E-state index is 0.0635. The summed E-state index contributed by atoms with van der Waals surface area (Å²) in [7, 11) is 0. The van der Waals surface area contributed by atoms with E-state index in [1.54, 1.807) is 0 Å². The van der Waals surface area contributed by atoms with Crippen LogP contribution in [0, 0.1) is 5.92 Å². The molecule has 10 atom stereocenters. The van der Waals surface area contributed by atoms with Gasteiger partial charge < -0.3 is 50.0 Å². The first kappa shape index (κ1) is 33.3. The van der Waals surface area contributed by atoms with Gasteiger partial charge in [0.15, 0.2) is 12.4 Å². The Balaban J connectivity index is 1.73. The van der Waals surface area contributed by atoms with Crippen molar-refractivity contribution in [3.8, 4) is 0 Å². The molecule has 11 nitrogen and oxygen atoms in total. The van der Waals surface area contributed by atoms with Crippen LogP contribution in [0.2, 0.25) is 0 Å². The molecule has 0 amide bonds. The standard InChI is InChI=1S/C27H50O11/c1-16(2)13-11-9-7-5-3-4-6-8-10-12-14-18(29)37-25-22(33)20(31)21(32)23(34)26(25)38-27-24(35)19(30)17(28)15-36-27/h16-17,19-28,30-35H,3-15H2,1-2H3/t17-,19+,20+,21+,22-,23-,24-,25-,26+,27+/m1/s1. The topological polar surface area (TPSA) is 186 Å². The summed E-state index contributed by atoms with van der Waals surface area (Å²) >= 11 is 0. The molecule has 0 aromatic rings. The zero-order valence-corrected chi connectivity index (χ0v) is 22.8. The van der Waals surface area contributed by atoms with Gasteiger partial charge in [0.2, 0.25) is 0 Å². The van der Waals surface area contributed by atoms with Crippen LogP contribution in [0.1, 0.15) is 90.9 Å². The Morgan fingerprint density at radius 2 is 1.18 bits per heavy atom. The smallest absolute Gasteiger partial charge is 0.306 e. The largest absolute Gasteiger partial charge is 0.457 e. The number of carbonyl (C=O) groups is 1. The number of aliphatic hydroxyl groups excluding tert-OH is 7. The molecule has 224 valence electrons. The molecule has 1 saturated heterocycles. The van der Waals surface area contributed by atoms with E-state index in [-0.39, 0.29) is 13.0 Å². The van der Waals surface area contributed by atoms with Crippen molar-refractivity contribution >= 4 is 5.97 Å². The molecule has 1 aliphatic heterocycles. The molecular weight excluding hydrogens is 500 g/mol. The van der Waals surface area contributed by atoms with Crippen molar-refractivity contribution in [3.63, 3.8) is 0 Å². The zero-order chi connectivity index (χ0) is 28.2. The highest BCUT2D eigenvalue weighted by Crippen LogP contribution is 2.30. The summed E-state index contributed by atoms with van der Waals surface area (Å²) in [5, 5.41) is 70.7. The van der Waals surface area contributed by atoms with Gasteiger partial charge in [-0.15, -0.1) is 0 Å². The van der Waals surface area contributed by atoms with Gasteiger partial charge >= 0.3 is 5.97 Å². The molecule has 0 aromatic heterocycles. The lowest BCUT2D eigenvalue weighted by Gasteiger charge is -2.45. The molecule has 2 aliphatic rings. The lowest BCUT2D eigenvalue weighted by atomic mass is 9.84. The Kier molecular flexibility index (Phi) is 14.9. The van der Waals surface area contributed by atoms with Gasteiger partial charge in [0.25, 0.3) is 0 Å². The first-order valence-corrected chi connectivity index (χ1v) is 14.3. The van der Waals surface area contributed by atoms with Crippen LogP contribution < -0.4 is 0 Å². The lowest BCUT2D eigenvalue weighted by Crippen LogP contribution is -2.67. The van der Waals surface area contributed by atoms with E-state index in [9.17, 15) is 40.5 Å². The number of hydrogen-bond acceptors (Lipinski definition) is 11. The molecule has 0 radical (unpaired) electrons. The molecule has 1 aliphatic carbocycles. The van der Waals surface area contributed by atoms with E-state index >= 15 is 0 Å². The minimum Gasteiger partial charge on any atom is -0.457 e. The third-order valence-corrected chi connectivity index (χ3v) is 7.47. The van der Waals surface area contributed by atoms with E-state index in [0.717, 1.165) is 25.2 Å². The average Bonchev–Trinajstić information content (AvgIpc) is 2.88. The fraction of sp³-hybridized carbons (Fsp3) is 0.963. The van der Waals surface area contributed by atoms with Crippen LogP contribution >= 0.6 is 0 Å². The third kappa shape index (κ3) is 10.3. The van der Waals surface area contributed by atoms with Crippen molar-refractivity contribution in [1.29, 1.82) is 0 Å². The van der Waals surface area contributed by atoms with Gasteiger partial charge in [0, 0.05) is 6.42 Å². The monoisotopic (exact) mass is 550 g/mol. The van der Waals surface area contributed by atoms with Crippen molar-refractivity contribution in [3.05, 3.63) is 0 Å². The maximum atomic E-state index is 12.5. The summed E-state index contributed by atoms with van der Waals surface area (Å²) in [5.74, 6) is 0.109. The number of ether oxygens (including phenoxy) is 3. The first-order valence-electron chi connectivity index (χ1n) is 14.3. The minimum atomic E-state index is -1.82. The van der Waals surface area contributed by atoms with E-state index in [0.29, 0.717) is 6.42 Å². The highest BCUT2D eigenvalue weighted by molar-refractivity contribution is 5.69. The van der Waals surface area contributed by atoms with Crippen LogP contribution in [0.25, 0.3) is 0 Å². The second kappa shape index (κ2) is 17.0. The second-order valence-electron chi connectivity index (χ2n) is 11.2. The number of aliphatic hydroxyl groups is 7. The van der Waals surface area contributed by atoms with E-state index in [4.69, 9.17) is 14.2 Å². The normalized spacial score (nSPS) is 35.9. The summed E-state index contributed by atoms with van der Waals surface area (Å²) in [4.78, 5) is 12.5. The van der Waals surface area contributed by atoms with Crippen molar-refractivity contribution < 1.29 is 54.8 Å². The Bertz CT molecular complexity index is 663. The van der Waals surface area contributed by atoms with Crippen molar-refractivity contribution in [2.24, 2.45) is 5.92 Å². The highest BCUT2D eigenvalue weighted by atomic mass is 16.7. The van der Waals surface area contributed by atoms with Crippen LogP contribution in [0.3, 0.4) is 0 Å². The molecule has 0 unspecified atom stereocenters. The number of esters is 1. The maximum Gasteiger partial charge on any atom is 0.306 e. The molecule has 1 saturated carbocycles. The van der Waals surface area contributed by atoms with Gasteiger partial charge in [-0.2, -0.15) is 0 Å². The summed E-state index contributed by atoms with van der Waals surface area (Å²) in [6.45, 7) is 4.13. The first-order chi connectivity index (χ1) is 18.0. The fourth-order valence-corrected chi connectivity index (χ4v) is 4.98. The molecule has 0 spiro atoms. The zero-order valence-electron chi connectivity index (χ0n) is 22.8. The highest BCUT2D eigenvalue weighted by Gasteiger charge is 2.53. The maximum absolute atomic E-state index is 12.5. The molecule has 0 aromatic carbocycles. The quantitative estimate of drug-likeness (QED) is 0.105.